The molecule has 29 heavy (non-hydrogen) atoms. The molecule has 1 N–H and O–H groups in total. The normalized spacial score (nSPS) is 28.0. The number of fused-ring (bicyclic) bond motifs is 1. The van der Waals surface area contributed by atoms with Gasteiger partial charge in [-0.1, -0.05) is 25.0 Å². The van der Waals surface area contributed by atoms with Crippen LogP contribution in [-0.2, 0) is 23.0 Å². The molecule has 2 unspecified atom stereocenters. The molecule has 1 aliphatic heterocycles. The van der Waals surface area contributed by atoms with Crippen molar-refractivity contribution in [1.82, 2.24) is 10.3 Å². The molecule has 5 rings (SSSR count). The highest BCUT2D eigenvalue weighted by molar-refractivity contribution is 5.34. The summed E-state index contributed by atoms with van der Waals surface area (Å²) in [7, 11) is 0. The van der Waals surface area contributed by atoms with Gasteiger partial charge in [-0.2, -0.15) is 0 Å². The van der Waals surface area contributed by atoms with Gasteiger partial charge in [0.1, 0.15) is 5.82 Å². The van der Waals surface area contributed by atoms with Crippen LogP contribution >= 0.6 is 0 Å². The number of halogens is 1. The SMILES string of the molecule is Fc1ccc2c(c1)CC(NCCC1(c3ccccn3)CCOC3(CCCC3)C1)C2. The molecule has 1 aromatic carbocycles. The van der Waals surface area contributed by atoms with Crippen LogP contribution in [0.2, 0.25) is 0 Å². The highest BCUT2D eigenvalue weighted by atomic mass is 19.1. The van der Waals surface area contributed by atoms with E-state index in [0.29, 0.717) is 6.04 Å². The van der Waals surface area contributed by atoms with Crippen LogP contribution in [0.1, 0.15) is 61.8 Å². The van der Waals surface area contributed by atoms with Crippen LogP contribution in [0.3, 0.4) is 0 Å². The average molecular weight is 395 g/mol. The van der Waals surface area contributed by atoms with Crippen molar-refractivity contribution in [2.24, 2.45) is 0 Å². The quantitative estimate of drug-likeness (QED) is 0.796. The zero-order chi connectivity index (χ0) is 19.7. The molecule has 0 radical (unpaired) electrons. The molecule has 0 bridgehead atoms. The monoisotopic (exact) mass is 394 g/mol. The topological polar surface area (TPSA) is 34.2 Å². The van der Waals surface area contributed by atoms with Crippen molar-refractivity contribution in [2.75, 3.05) is 13.2 Å². The number of rotatable bonds is 5. The van der Waals surface area contributed by atoms with Crippen LogP contribution in [-0.4, -0.2) is 29.8 Å². The molecule has 2 heterocycles. The van der Waals surface area contributed by atoms with E-state index in [9.17, 15) is 4.39 Å². The van der Waals surface area contributed by atoms with E-state index in [1.54, 1.807) is 12.1 Å². The minimum atomic E-state index is -0.123. The number of aromatic nitrogens is 1. The number of hydrogen-bond acceptors (Lipinski definition) is 3. The van der Waals surface area contributed by atoms with Gasteiger partial charge in [-0.05, 0) is 86.9 Å². The van der Waals surface area contributed by atoms with Gasteiger partial charge in [-0.25, -0.2) is 4.39 Å². The van der Waals surface area contributed by atoms with Gasteiger partial charge >= 0.3 is 0 Å². The molecule has 1 saturated carbocycles. The first-order valence-corrected chi connectivity index (χ1v) is 11.2. The largest absolute Gasteiger partial charge is 0.375 e. The summed E-state index contributed by atoms with van der Waals surface area (Å²) in [5, 5.41) is 3.78. The lowest BCUT2D eigenvalue weighted by molar-refractivity contribution is -0.104. The third-order valence-electron chi connectivity index (χ3n) is 7.51. The molecule has 1 saturated heterocycles. The van der Waals surface area contributed by atoms with Gasteiger partial charge in [0.05, 0.1) is 5.60 Å². The summed E-state index contributed by atoms with van der Waals surface area (Å²) in [6.45, 7) is 1.80. The second-order valence-corrected chi connectivity index (χ2v) is 9.38. The number of nitrogens with one attached hydrogen (secondary N) is 1. The van der Waals surface area contributed by atoms with E-state index < -0.39 is 0 Å². The number of ether oxygens (including phenoxy) is 1. The molecule has 3 nitrogen and oxygen atoms in total. The van der Waals surface area contributed by atoms with Crippen molar-refractivity contribution < 1.29 is 9.13 Å². The lowest BCUT2D eigenvalue weighted by atomic mass is 9.68. The fourth-order valence-corrected chi connectivity index (χ4v) is 6.04. The van der Waals surface area contributed by atoms with Gasteiger partial charge < -0.3 is 10.1 Å². The number of hydrogen-bond donors (Lipinski definition) is 1. The summed E-state index contributed by atoms with van der Waals surface area (Å²) >= 11 is 0. The zero-order valence-corrected chi connectivity index (χ0v) is 17.1. The van der Waals surface area contributed by atoms with Crippen molar-refractivity contribution >= 4 is 0 Å². The van der Waals surface area contributed by atoms with Gasteiger partial charge in [0.15, 0.2) is 0 Å². The van der Waals surface area contributed by atoms with Crippen LogP contribution in [0.4, 0.5) is 4.39 Å². The Morgan fingerprint density at radius 1 is 1.07 bits per heavy atom. The van der Waals surface area contributed by atoms with Crippen molar-refractivity contribution in [3.05, 3.63) is 65.2 Å². The maximum Gasteiger partial charge on any atom is 0.123 e. The van der Waals surface area contributed by atoms with Crippen molar-refractivity contribution in [3.8, 4) is 0 Å². The highest BCUT2D eigenvalue weighted by Gasteiger charge is 2.48. The minimum absolute atomic E-state index is 0.0664. The van der Waals surface area contributed by atoms with E-state index >= 15 is 0 Å². The summed E-state index contributed by atoms with van der Waals surface area (Å²) in [6.07, 6.45) is 12.0. The standard InChI is InChI=1S/C25H31FN2O/c26-21-7-6-19-16-22(17-20(19)15-21)27-13-10-24(23-5-1-4-12-28-23)11-14-29-25(18-24)8-2-3-9-25/h1,4-7,12,15,22,27H,2-3,8-11,13-14,16-18H2. The maximum atomic E-state index is 13.5. The lowest BCUT2D eigenvalue weighted by Gasteiger charge is -2.46. The third kappa shape index (κ3) is 3.85. The van der Waals surface area contributed by atoms with E-state index in [0.717, 1.165) is 50.8 Å². The Morgan fingerprint density at radius 3 is 2.76 bits per heavy atom. The summed E-state index contributed by atoms with van der Waals surface area (Å²) in [5.74, 6) is -0.123. The van der Waals surface area contributed by atoms with Crippen LogP contribution in [0.25, 0.3) is 0 Å². The third-order valence-corrected chi connectivity index (χ3v) is 7.51. The van der Waals surface area contributed by atoms with Gasteiger partial charge in [0, 0.05) is 30.0 Å². The molecule has 1 spiro atoms. The van der Waals surface area contributed by atoms with Crippen molar-refractivity contribution in [3.63, 3.8) is 0 Å². The molecular formula is C25H31FN2O. The van der Waals surface area contributed by atoms with E-state index in [2.05, 4.69) is 17.4 Å². The molecular weight excluding hydrogens is 363 g/mol. The van der Waals surface area contributed by atoms with Gasteiger partial charge in [-0.3, -0.25) is 4.98 Å². The molecule has 4 heteroatoms. The van der Waals surface area contributed by atoms with Crippen molar-refractivity contribution in [1.29, 1.82) is 0 Å². The molecule has 2 aromatic rings. The smallest absolute Gasteiger partial charge is 0.123 e. The van der Waals surface area contributed by atoms with Gasteiger partial charge in [0.25, 0.3) is 0 Å². The number of pyridine rings is 1. The minimum Gasteiger partial charge on any atom is -0.375 e. The molecule has 2 fully saturated rings. The van der Waals surface area contributed by atoms with Crippen molar-refractivity contribution in [2.45, 2.75) is 74.8 Å². The Morgan fingerprint density at radius 2 is 1.93 bits per heavy atom. The van der Waals surface area contributed by atoms with Crippen LogP contribution in [0.15, 0.2) is 42.6 Å². The average Bonchev–Trinajstić information content (AvgIpc) is 3.35. The van der Waals surface area contributed by atoms with Gasteiger partial charge in [-0.15, -0.1) is 0 Å². The van der Waals surface area contributed by atoms with E-state index in [4.69, 9.17) is 9.72 Å². The fraction of sp³-hybridized carbons (Fsp3) is 0.560. The van der Waals surface area contributed by atoms with Gasteiger partial charge in [0.2, 0.25) is 0 Å². The molecule has 154 valence electrons. The summed E-state index contributed by atoms with van der Waals surface area (Å²) < 4.78 is 19.9. The Bertz CT molecular complexity index is 849. The maximum absolute atomic E-state index is 13.5. The fourth-order valence-electron chi connectivity index (χ4n) is 6.04. The first-order valence-electron chi connectivity index (χ1n) is 11.2. The second-order valence-electron chi connectivity index (χ2n) is 9.38. The molecule has 2 atom stereocenters. The molecule has 0 amide bonds. The van der Waals surface area contributed by atoms with E-state index in [1.165, 1.54) is 36.9 Å². The zero-order valence-electron chi connectivity index (χ0n) is 17.1. The van der Waals surface area contributed by atoms with Crippen LogP contribution < -0.4 is 5.32 Å². The Balaban J connectivity index is 1.28. The lowest BCUT2D eigenvalue weighted by Crippen LogP contribution is -2.48. The molecule has 3 aliphatic rings. The Labute approximate surface area is 173 Å². The first-order chi connectivity index (χ1) is 14.2. The van der Waals surface area contributed by atoms with Crippen LogP contribution in [0, 0.1) is 5.82 Å². The summed E-state index contributed by atoms with van der Waals surface area (Å²) in [6, 6.07) is 12.0. The second kappa shape index (κ2) is 7.81. The predicted octanol–water partition coefficient (Wildman–Crippen LogP) is 4.73. The first kappa shape index (κ1) is 19.2. The summed E-state index contributed by atoms with van der Waals surface area (Å²) in [5.41, 5.74) is 3.84. The predicted molar refractivity (Wildman–Crippen MR) is 113 cm³/mol. The van der Waals surface area contributed by atoms with Crippen LogP contribution in [0.5, 0.6) is 0 Å². The molecule has 1 aromatic heterocycles. The molecule has 2 aliphatic carbocycles. The Hall–Kier alpha value is -1.78. The highest BCUT2D eigenvalue weighted by Crippen LogP contribution is 2.49. The van der Waals surface area contributed by atoms with E-state index in [1.807, 2.05) is 18.3 Å². The number of benzene rings is 1. The van der Waals surface area contributed by atoms with E-state index in [-0.39, 0.29) is 16.8 Å². The Kier molecular flexibility index (Phi) is 5.17. The number of nitrogens with zero attached hydrogens (tertiary/aromatic N) is 1. The summed E-state index contributed by atoms with van der Waals surface area (Å²) in [4.78, 5) is 4.80.